The molecule has 2 amide bonds. The molecule has 5 aromatic rings. The van der Waals surface area contributed by atoms with Crippen LogP contribution in [-0.4, -0.2) is 40.5 Å². The monoisotopic (exact) mass is 587 g/mol. The largest absolute Gasteiger partial charge is 0.449 e. The fourth-order valence-electron chi connectivity index (χ4n) is 5.73. The van der Waals surface area contributed by atoms with Crippen LogP contribution in [0.15, 0.2) is 96.1 Å². The first-order valence-electron chi connectivity index (χ1n) is 14.5. The van der Waals surface area contributed by atoms with Crippen LogP contribution in [0.3, 0.4) is 0 Å². The van der Waals surface area contributed by atoms with E-state index >= 15 is 0 Å². The molecular formula is C35H33N5O4. The van der Waals surface area contributed by atoms with Gasteiger partial charge in [-0.3, -0.25) is 19.9 Å². The highest BCUT2D eigenvalue weighted by molar-refractivity contribution is 5.89. The highest BCUT2D eigenvalue weighted by atomic mass is 16.5. The van der Waals surface area contributed by atoms with Gasteiger partial charge in [0, 0.05) is 54.2 Å². The first-order valence-corrected chi connectivity index (χ1v) is 14.5. The molecule has 7 rings (SSSR count). The van der Waals surface area contributed by atoms with Crippen molar-refractivity contribution in [3.8, 4) is 11.3 Å². The Hall–Kier alpha value is -5.44. The standard InChI is InChI=1S/C35H33N5O4/c1-21-16-24-8-11-28(21)22(2)20-44-35(43)39-26-10-12-29(31-6-4-5-14-36-31)25(17-26)19-40(3)34(42)32(24)38-27-9-7-23-13-15-37-33(41)30(23)18-27/h4-18,22,32,38H,19-20H2,1-3H3,(H,37,41)(H,39,43)/t22-,32+/m0/s1. The number of hydrogen-bond acceptors (Lipinski definition) is 6. The maximum absolute atomic E-state index is 14.3. The number of H-pyrrole nitrogens is 1. The van der Waals surface area contributed by atoms with Crippen LogP contribution >= 0.6 is 0 Å². The Bertz CT molecular complexity index is 1920. The second-order valence-corrected chi connectivity index (χ2v) is 11.2. The van der Waals surface area contributed by atoms with E-state index in [2.05, 4.69) is 20.6 Å². The summed E-state index contributed by atoms with van der Waals surface area (Å²) in [5.74, 6) is -0.231. The minimum absolute atomic E-state index is 0.0678. The van der Waals surface area contributed by atoms with E-state index in [9.17, 15) is 14.4 Å². The molecule has 0 unspecified atom stereocenters. The molecule has 222 valence electrons. The average molecular weight is 588 g/mol. The van der Waals surface area contributed by atoms with Crippen LogP contribution in [0.1, 0.15) is 41.1 Å². The third-order valence-corrected chi connectivity index (χ3v) is 8.03. The summed E-state index contributed by atoms with van der Waals surface area (Å²) >= 11 is 0. The fourth-order valence-corrected chi connectivity index (χ4v) is 5.73. The summed E-state index contributed by atoms with van der Waals surface area (Å²) in [6, 6.07) is 23.7. The van der Waals surface area contributed by atoms with Gasteiger partial charge in [-0.25, -0.2) is 4.79 Å². The number of benzene rings is 3. The zero-order chi connectivity index (χ0) is 30.8. The number of carbonyl (C=O) groups excluding carboxylic acids is 2. The Labute approximate surface area is 254 Å². The normalized spacial score (nSPS) is 17.3. The van der Waals surface area contributed by atoms with E-state index in [1.54, 1.807) is 36.5 Å². The molecule has 44 heavy (non-hydrogen) atoms. The maximum Gasteiger partial charge on any atom is 0.411 e. The molecule has 2 atom stereocenters. The topological polar surface area (TPSA) is 116 Å². The molecule has 2 aromatic heterocycles. The van der Waals surface area contributed by atoms with Crippen molar-refractivity contribution in [2.75, 3.05) is 24.3 Å². The Morgan fingerprint density at radius 3 is 2.64 bits per heavy atom. The Morgan fingerprint density at radius 2 is 1.84 bits per heavy atom. The van der Waals surface area contributed by atoms with Gasteiger partial charge in [-0.15, -0.1) is 0 Å². The lowest BCUT2D eigenvalue weighted by molar-refractivity contribution is -0.131. The van der Waals surface area contributed by atoms with E-state index < -0.39 is 12.1 Å². The molecule has 4 bridgehead atoms. The smallest absolute Gasteiger partial charge is 0.411 e. The zero-order valence-corrected chi connectivity index (χ0v) is 24.8. The van der Waals surface area contributed by atoms with Gasteiger partial charge in [-0.05, 0) is 77.0 Å². The van der Waals surface area contributed by atoms with Crippen LogP contribution in [0.2, 0.25) is 0 Å². The molecule has 0 saturated heterocycles. The molecule has 9 heteroatoms. The number of amides is 2. The molecular weight excluding hydrogens is 554 g/mol. The maximum atomic E-state index is 14.3. The van der Waals surface area contributed by atoms with Crippen LogP contribution in [0.5, 0.6) is 0 Å². The highest BCUT2D eigenvalue weighted by Crippen LogP contribution is 2.31. The van der Waals surface area contributed by atoms with Gasteiger partial charge in [0.1, 0.15) is 6.04 Å². The minimum atomic E-state index is -0.742. The van der Waals surface area contributed by atoms with E-state index in [1.165, 1.54) is 0 Å². The molecule has 2 aliphatic heterocycles. The van der Waals surface area contributed by atoms with Gasteiger partial charge in [0.15, 0.2) is 0 Å². The SMILES string of the molecule is Cc1cc2ccc1[C@@H](C)COC(=O)Nc1ccc(-c3ccccn3)c(c1)CN(C)C(=O)[C@@H]2Nc1ccc2cc[nH]c(=O)c2c1. The summed E-state index contributed by atoms with van der Waals surface area (Å²) in [6.45, 7) is 4.43. The molecule has 0 radical (unpaired) electrons. The van der Waals surface area contributed by atoms with Crippen molar-refractivity contribution < 1.29 is 14.3 Å². The minimum Gasteiger partial charge on any atom is -0.449 e. The second kappa shape index (κ2) is 12.0. The van der Waals surface area contributed by atoms with Crippen LogP contribution in [0, 0.1) is 6.92 Å². The van der Waals surface area contributed by atoms with Gasteiger partial charge in [0.05, 0.1) is 12.3 Å². The zero-order valence-electron chi connectivity index (χ0n) is 24.8. The molecule has 4 heterocycles. The van der Waals surface area contributed by atoms with E-state index in [-0.39, 0.29) is 30.5 Å². The number of rotatable bonds is 3. The summed E-state index contributed by atoms with van der Waals surface area (Å²) in [7, 11) is 1.76. The van der Waals surface area contributed by atoms with Crippen LogP contribution < -0.4 is 16.2 Å². The number of nitrogens with one attached hydrogen (secondary N) is 3. The lowest BCUT2D eigenvalue weighted by atomic mass is 9.92. The number of carbonyl (C=O) groups is 2. The van der Waals surface area contributed by atoms with E-state index in [4.69, 9.17) is 4.74 Å². The number of aromatic nitrogens is 2. The molecule has 0 spiro atoms. The summed E-state index contributed by atoms with van der Waals surface area (Å²) in [5.41, 5.74) is 6.19. The number of likely N-dealkylation sites (N-methyl/N-ethyl adjacent to an activating group) is 1. The number of anilines is 2. The molecule has 2 aliphatic rings. The highest BCUT2D eigenvalue weighted by Gasteiger charge is 2.27. The fraction of sp³-hybridized carbons (Fsp3) is 0.200. The van der Waals surface area contributed by atoms with Gasteiger partial charge in [-0.2, -0.15) is 0 Å². The quantitative estimate of drug-likeness (QED) is 0.226. The van der Waals surface area contributed by atoms with Gasteiger partial charge < -0.3 is 19.9 Å². The Balaban J connectivity index is 1.44. The Morgan fingerprint density at radius 1 is 0.977 bits per heavy atom. The van der Waals surface area contributed by atoms with E-state index in [0.29, 0.717) is 16.8 Å². The summed E-state index contributed by atoms with van der Waals surface area (Å²) in [6.07, 6.45) is 2.80. The second-order valence-electron chi connectivity index (χ2n) is 11.2. The predicted octanol–water partition coefficient (Wildman–Crippen LogP) is 6.38. The van der Waals surface area contributed by atoms with Crippen LogP contribution in [-0.2, 0) is 16.1 Å². The molecule has 3 N–H and O–H groups in total. The van der Waals surface area contributed by atoms with Crippen molar-refractivity contribution in [2.24, 2.45) is 0 Å². The van der Waals surface area contributed by atoms with Gasteiger partial charge >= 0.3 is 6.09 Å². The predicted molar refractivity (Wildman–Crippen MR) is 172 cm³/mol. The van der Waals surface area contributed by atoms with Gasteiger partial charge in [-0.1, -0.05) is 43.3 Å². The molecule has 0 aliphatic carbocycles. The van der Waals surface area contributed by atoms with Crippen LogP contribution in [0.4, 0.5) is 16.2 Å². The number of nitrogens with zero attached hydrogens (tertiary/aromatic N) is 2. The van der Waals surface area contributed by atoms with Crippen molar-refractivity contribution in [1.29, 1.82) is 0 Å². The molecule has 0 fully saturated rings. The third-order valence-electron chi connectivity index (χ3n) is 8.03. The first kappa shape index (κ1) is 28.7. The van der Waals surface area contributed by atoms with Crippen molar-refractivity contribution in [3.05, 3.63) is 124 Å². The summed E-state index contributed by atoms with van der Waals surface area (Å²) in [5, 5.41) is 7.60. The van der Waals surface area contributed by atoms with Gasteiger partial charge in [0.25, 0.3) is 5.56 Å². The summed E-state index contributed by atoms with van der Waals surface area (Å²) in [4.78, 5) is 48.5. The number of fused-ring (bicyclic) bond motifs is 10. The number of hydrogen-bond donors (Lipinski definition) is 3. The number of aromatic amines is 1. The molecule has 3 aromatic carbocycles. The van der Waals surface area contributed by atoms with E-state index in [0.717, 1.165) is 38.9 Å². The first-order chi connectivity index (χ1) is 21.3. The molecule has 9 nitrogen and oxygen atoms in total. The lowest BCUT2D eigenvalue weighted by Gasteiger charge is -2.28. The van der Waals surface area contributed by atoms with Gasteiger partial charge in [0.2, 0.25) is 5.91 Å². The van der Waals surface area contributed by atoms with E-state index in [1.807, 2.05) is 80.6 Å². The lowest BCUT2D eigenvalue weighted by Crippen LogP contribution is -2.35. The van der Waals surface area contributed by atoms with Crippen molar-refractivity contribution in [2.45, 2.75) is 32.4 Å². The van der Waals surface area contributed by atoms with Crippen molar-refractivity contribution in [1.82, 2.24) is 14.9 Å². The number of ether oxygens (including phenoxy) is 1. The van der Waals surface area contributed by atoms with Crippen molar-refractivity contribution in [3.63, 3.8) is 0 Å². The number of aryl methyl sites for hydroxylation is 1. The Kier molecular flexibility index (Phi) is 7.85. The van der Waals surface area contributed by atoms with Crippen LogP contribution in [0.25, 0.3) is 22.0 Å². The van der Waals surface area contributed by atoms with Crippen molar-refractivity contribution >= 4 is 34.1 Å². The average Bonchev–Trinajstić information content (AvgIpc) is 3.02. The summed E-state index contributed by atoms with van der Waals surface area (Å²) < 4.78 is 5.59. The third kappa shape index (κ3) is 5.89. The number of pyridine rings is 2. The molecule has 0 saturated carbocycles.